The van der Waals surface area contributed by atoms with Gasteiger partial charge < -0.3 is 5.32 Å². The number of aryl methyl sites for hydroxylation is 1. The van der Waals surface area contributed by atoms with E-state index < -0.39 is 10.1 Å². The molecule has 0 spiro atoms. The van der Waals surface area contributed by atoms with E-state index >= 15 is 0 Å². The van der Waals surface area contributed by atoms with Crippen LogP contribution in [-0.2, 0) is 16.5 Å². The molecule has 1 heterocycles. The second-order valence-electron chi connectivity index (χ2n) is 4.21. The molecule has 1 rings (SSSR count). The normalized spacial score (nSPS) is 13.8. The molecule has 17 heavy (non-hydrogen) atoms. The fourth-order valence-corrected chi connectivity index (χ4v) is 3.10. The molecule has 0 aliphatic rings. The maximum Gasteiger partial charge on any atom is 0.264 e. The fourth-order valence-electron chi connectivity index (χ4n) is 1.57. The van der Waals surface area contributed by atoms with Crippen LogP contribution in [0.2, 0.25) is 0 Å². The standard InChI is InChI=1S/C11H19NO3S2/c1-9(8-11-5-4-10(2)16-11)12-6-3-7-17(13,14)15/h4-5,9,12H,3,6-8H2,1-2H3,(H,13,14,15). The monoisotopic (exact) mass is 277 g/mol. The largest absolute Gasteiger partial charge is 0.314 e. The van der Waals surface area contributed by atoms with E-state index in [4.69, 9.17) is 4.55 Å². The molecule has 98 valence electrons. The van der Waals surface area contributed by atoms with Crippen LogP contribution in [0, 0.1) is 6.92 Å². The van der Waals surface area contributed by atoms with Gasteiger partial charge in [-0.05, 0) is 45.4 Å². The van der Waals surface area contributed by atoms with Crippen LogP contribution < -0.4 is 5.32 Å². The summed E-state index contributed by atoms with van der Waals surface area (Å²) in [6.07, 6.45) is 1.39. The van der Waals surface area contributed by atoms with Gasteiger partial charge in [0.05, 0.1) is 5.75 Å². The first-order chi connectivity index (χ1) is 7.87. The first-order valence-corrected chi connectivity index (χ1v) is 8.03. The molecule has 0 aliphatic carbocycles. The minimum absolute atomic E-state index is 0.176. The third-order valence-corrected chi connectivity index (χ3v) is 4.20. The smallest absolute Gasteiger partial charge is 0.264 e. The first-order valence-electron chi connectivity index (χ1n) is 5.60. The summed E-state index contributed by atoms with van der Waals surface area (Å²) in [7, 11) is -3.82. The van der Waals surface area contributed by atoms with Crippen LogP contribution in [0.4, 0.5) is 0 Å². The van der Waals surface area contributed by atoms with E-state index in [1.807, 2.05) is 0 Å². The zero-order chi connectivity index (χ0) is 12.9. The molecule has 1 atom stereocenters. The topological polar surface area (TPSA) is 66.4 Å². The Kier molecular flexibility index (Phi) is 5.58. The van der Waals surface area contributed by atoms with Crippen LogP contribution in [0.5, 0.6) is 0 Å². The number of hydrogen-bond donors (Lipinski definition) is 2. The van der Waals surface area contributed by atoms with E-state index in [-0.39, 0.29) is 5.75 Å². The molecule has 0 aliphatic heterocycles. The summed E-state index contributed by atoms with van der Waals surface area (Å²) in [5, 5.41) is 3.24. The highest BCUT2D eigenvalue weighted by Gasteiger charge is 2.07. The van der Waals surface area contributed by atoms with Crippen molar-refractivity contribution in [2.24, 2.45) is 0 Å². The number of thiophene rings is 1. The summed E-state index contributed by atoms with van der Waals surface area (Å²) in [5.41, 5.74) is 0. The fraction of sp³-hybridized carbons (Fsp3) is 0.636. The molecule has 0 aromatic carbocycles. The highest BCUT2D eigenvalue weighted by molar-refractivity contribution is 7.85. The summed E-state index contributed by atoms with van der Waals surface area (Å²) < 4.78 is 29.6. The van der Waals surface area contributed by atoms with Gasteiger partial charge in [-0.1, -0.05) is 0 Å². The minimum Gasteiger partial charge on any atom is -0.314 e. The number of nitrogens with one attached hydrogen (secondary N) is 1. The molecule has 4 nitrogen and oxygen atoms in total. The zero-order valence-corrected chi connectivity index (χ0v) is 11.8. The van der Waals surface area contributed by atoms with Gasteiger partial charge in [-0.25, -0.2) is 0 Å². The minimum atomic E-state index is -3.82. The van der Waals surface area contributed by atoms with Crippen molar-refractivity contribution in [3.63, 3.8) is 0 Å². The Morgan fingerprint density at radius 3 is 2.71 bits per heavy atom. The van der Waals surface area contributed by atoms with Crippen molar-refractivity contribution in [2.75, 3.05) is 12.3 Å². The van der Waals surface area contributed by atoms with E-state index in [1.54, 1.807) is 11.3 Å². The van der Waals surface area contributed by atoms with E-state index in [0.29, 0.717) is 19.0 Å². The second-order valence-corrected chi connectivity index (χ2v) is 7.16. The predicted octanol–water partition coefficient (Wildman–Crippen LogP) is 1.86. The van der Waals surface area contributed by atoms with Crippen molar-refractivity contribution >= 4 is 21.5 Å². The molecule has 1 aromatic rings. The summed E-state index contributed by atoms with van der Waals surface area (Å²) in [6.45, 7) is 4.76. The Bertz CT molecular complexity index is 439. The molecule has 0 bridgehead atoms. The maximum atomic E-state index is 10.5. The van der Waals surface area contributed by atoms with Crippen LogP contribution in [0.15, 0.2) is 12.1 Å². The molecule has 6 heteroatoms. The van der Waals surface area contributed by atoms with Crippen molar-refractivity contribution in [2.45, 2.75) is 32.7 Å². The van der Waals surface area contributed by atoms with Gasteiger partial charge in [-0.15, -0.1) is 11.3 Å². The average molecular weight is 277 g/mol. The summed E-state index contributed by atoms with van der Waals surface area (Å²) in [4.78, 5) is 2.64. The maximum absolute atomic E-state index is 10.5. The Labute approximate surface area is 107 Å². The quantitative estimate of drug-likeness (QED) is 0.590. The van der Waals surface area contributed by atoms with Crippen LogP contribution in [0.1, 0.15) is 23.1 Å². The predicted molar refractivity (Wildman–Crippen MR) is 71.3 cm³/mol. The molecular weight excluding hydrogens is 258 g/mol. The van der Waals surface area contributed by atoms with Crippen LogP contribution in [0.3, 0.4) is 0 Å². The van der Waals surface area contributed by atoms with Gasteiger partial charge in [0.25, 0.3) is 10.1 Å². The van der Waals surface area contributed by atoms with Gasteiger partial charge in [0.2, 0.25) is 0 Å². The zero-order valence-electron chi connectivity index (χ0n) is 10.1. The lowest BCUT2D eigenvalue weighted by Gasteiger charge is -2.12. The molecule has 0 saturated carbocycles. The van der Waals surface area contributed by atoms with Crippen molar-refractivity contribution in [1.82, 2.24) is 5.32 Å². The highest BCUT2D eigenvalue weighted by atomic mass is 32.2. The van der Waals surface area contributed by atoms with Gasteiger partial charge in [-0.3, -0.25) is 4.55 Å². The Hall–Kier alpha value is -0.430. The van der Waals surface area contributed by atoms with Gasteiger partial charge in [-0.2, -0.15) is 8.42 Å². The van der Waals surface area contributed by atoms with E-state index in [2.05, 4.69) is 31.3 Å². The van der Waals surface area contributed by atoms with Crippen molar-refractivity contribution in [1.29, 1.82) is 0 Å². The molecular formula is C11H19NO3S2. The van der Waals surface area contributed by atoms with Crippen molar-refractivity contribution in [3.05, 3.63) is 21.9 Å². The third kappa shape index (κ3) is 6.78. The van der Waals surface area contributed by atoms with Crippen LogP contribution in [0.25, 0.3) is 0 Å². The molecule has 0 amide bonds. The van der Waals surface area contributed by atoms with Gasteiger partial charge in [0.15, 0.2) is 0 Å². The molecule has 2 N–H and O–H groups in total. The number of hydrogen-bond acceptors (Lipinski definition) is 4. The lowest BCUT2D eigenvalue weighted by molar-refractivity contribution is 0.476. The molecule has 1 unspecified atom stereocenters. The summed E-state index contributed by atoms with van der Waals surface area (Å²) in [6, 6.07) is 4.54. The van der Waals surface area contributed by atoms with Crippen molar-refractivity contribution in [3.8, 4) is 0 Å². The first kappa shape index (κ1) is 14.6. The van der Waals surface area contributed by atoms with E-state index in [0.717, 1.165) is 6.42 Å². The number of rotatable bonds is 7. The van der Waals surface area contributed by atoms with Crippen LogP contribution in [-0.4, -0.2) is 31.3 Å². The Balaban J connectivity index is 2.20. The average Bonchev–Trinajstić information content (AvgIpc) is 2.57. The lowest BCUT2D eigenvalue weighted by atomic mass is 10.2. The molecule has 0 radical (unpaired) electrons. The van der Waals surface area contributed by atoms with E-state index in [1.165, 1.54) is 9.75 Å². The Morgan fingerprint density at radius 1 is 1.47 bits per heavy atom. The van der Waals surface area contributed by atoms with Crippen LogP contribution >= 0.6 is 11.3 Å². The lowest BCUT2D eigenvalue weighted by Crippen LogP contribution is -2.29. The van der Waals surface area contributed by atoms with E-state index in [9.17, 15) is 8.42 Å². The second kappa shape index (κ2) is 6.49. The summed E-state index contributed by atoms with van der Waals surface area (Å²) in [5.74, 6) is -0.176. The molecule has 0 fully saturated rings. The SMILES string of the molecule is Cc1ccc(CC(C)NCCCS(=O)(=O)O)s1. The highest BCUT2D eigenvalue weighted by Crippen LogP contribution is 2.16. The Morgan fingerprint density at radius 2 is 2.18 bits per heavy atom. The summed E-state index contributed by atoms with van der Waals surface area (Å²) >= 11 is 1.78. The molecule has 0 saturated heterocycles. The van der Waals surface area contributed by atoms with Gasteiger partial charge >= 0.3 is 0 Å². The van der Waals surface area contributed by atoms with Gasteiger partial charge in [0.1, 0.15) is 0 Å². The van der Waals surface area contributed by atoms with Crippen molar-refractivity contribution < 1.29 is 13.0 Å². The van der Waals surface area contributed by atoms with Gasteiger partial charge in [0, 0.05) is 15.8 Å². The third-order valence-electron chi connectivity index (χ3n) is 2.38. The molecule has 1 aromatic heterocycles.